The lowest BCUT2D eigenvalue weighted by Crippen LogP contribution is -2.38. The SMILES string of the molecule is COc1ccc(C(OC[C@H]2O[C@@H](n3cc(C)c(=O)[nH]c3=O)C[C@@H]2OP[O-])(c2ccccc2)c2ccc(OC)cc2)cc1. The van der Waals surface area contributed by atoms with Crippen LogP contribution in [0.1, 0.15) is 34.9 Å². The molecule has 1 N–H and O–H groups in total. The van der Waals surface area contributed by atoms with Gasteiger partial charge in [0.25, 0.3) is 5.56 Å². The molecular formula is C31H32N2O8P-. The van der Waals surface area contributed by atoms with E-state index in [-0.39, 0.29) is 13.0 Å². The number of nitrogens with zero attached hydrogens (tertiary/aromatic N) is 1. The van der Waals surface area contributed by atoms with E-state index >= 15 is 0 Å². The number of nitrogens with one attached hydrogen (secondary N) is 1. The minimum absolute atomic E-state index is 0.0235. The molecule has 1 aliphatic heterocycles. The molecule has 1 aromatic heterocycles. The van der Waals surface area contributed by atoms with Crippen LogP contribution in [0, 0.1) is 6.92 Å². The summed E-state index contributed by atoms with van der Waals surface area (Å²) in [5, 5.41) is 0. The number of hydrogen-bond donors (Lipinski definition) is 1. The Kier molecular flexibility index (Phi) is 9.21. The minimum atomic E-state index is -1.10. The molecule has 0 radical (unpaired) electrons. The van der Waals surface area contributed by atoms with Crippen LogP contribution in [0.2, 0.25) is 0 Å². The topological polar surface area (TPSA) is 124 Å². The smallest absolute Gasteiger partial charge is 0.330 e. The Morgan fingerprint density at radius 3 is 2.05 bits per heavy atom. The molecule has 3 aromatic carbocycles. The minimum Gasteiger partial charge on any atom is -0.810 e. The molecule has 0 bridgehead atoms. The van der Waals surface area contributed by atoms with E-state index in [1.807, 2.05) is 78.9 Å². The molecule has 42 heavy (non-hydrogen) atoms. The number of aromatic amines is 1. The first-order chi connectivity index (χ1) is 20.4. The van der Waals surface area contributed by atoms with Gasteiger partial charge in [-0.05, 0) is 47.9 Å². The van der Waals surface area contributed by atoms with Gasteiger partial charge in [0.05, 0.1) is 26.9 Å². The van der Waals surface area contributed by atoms with Crippen LogP contribution in [-0.4, -0.2) is 42.6 Å². The molecule has 5 rings (SSSR count). The first kappa shape index (κ1) is 29.7. The summed E-state index contributed by atoms with van der Waals surface area (Å²) in [6, 6.07) is 25.1. The van der Waals surface area contributed by atoms with E-state index < -0.39 is 44.3 Å². The quantitative estimate of drug-likeness (QED) is 0.208. The van der Waals surface area contributed by atoms with Crippen molar-refractivity contribution in [3.05, 3.63) is 128 Å². The first-order valence-electron chi connectivity index (χ1n) is 13.4. The summed E-state index contributed by atoms with van der Waals surface area (Å²) in [5.41, 5.74) is 0.741. The maximum absolute atomic E-state index is 12.6. The number of aromatic nitrogens is 2. The molecule has 10 nitrogen and oxygen atoms in total. The molecule has 1 saturated heterocycles. The molecule has 2 heterocycles. The Balaban J connectivity index is 1.56. The highest BCUT2D eigenvalue weighted by Gasteiger charge is 2.42. The lowest BCUT2D eigenvalue weighted by molar-refractivity contribution is -0.176. The highest BCUT2D eigenvalue weighted by Crippen LogP contribution is 2.43. The summed E-state index contributed by atoms with van der Waals surface area (Å²) < 4.78 is 30.9. The Bertz CT molecular complexity index is 1540. The number of aryl methyl sites for hydroxylation is 1. The second-order valence-electron chi connectivity index (χ2n) is 9.90. The van der Waals surface area contributed by atoms with E-state index in [2.05, 4.69) is 4.98 Å². The fourth-order valence-electron chi connectivity index (χ4n) is 5.29. The number of hydrogen-bond acceptors (Lipinski definition) is 8. The average Bonchev–Trinajstić information content (AvgIpc) is 3.42. The van der Waals surface area contributed by atoms with Crippen molar-refractivity contribution in [2.45, 2.75) is 37.4 Å². The molecule has 1 aliphatic rings. The van der Waals surface area contributed by atoms with Crippen LogP contribution in [0.4, 0.5) is 0 Å². The maximum Gasteiger partial charge on any atom is 0.330 e. The van der Waals surface area contributed by atoms with Crippen LogP contribution < -0.4 is 25.6 Å². The second-order valence-corrected chi connectivity index (χ2v) is 10.3. The zero-order valence-electron chi connectivity index (χ0n) is 23.4. The summed E-state index contributed by atoms with van der Waals surface area (Å²) in [4.78, 5) is 38.4. The largest absolute Gasteiger partial charge is 0.810 e. The summed E-state index contributed by atoms with van der Waals surface area (Å²) in [7, 11) is 2.19. The van der Waals surface area contributed by atoms with Crippen LogP contribution in [-0.2, 0) is 19.6 Å². The van der Waals surface area contributed by atoms with Crippen molar-refractivity contribution in [1.82, 2.24) is 9.55 Å². The van der Waals surface area contributed by atoms with E-state index in [1.54, 1.807) is 21.1 Å². The highest BCUT2D eigenvalue weighted by atomic mass is 31.1. The Labute approximate surface area is 244 Å². The molecule has 0 saturated carbocycles. The van der Waals surface area contributed by atoms with Crippen LogP contribution in [0.15, 0.2) is 94.6 Å². The molecule has 4 atom stereocenters. The molecule has 0 amide bonds. The third kappa shape index (κ3) is 5.90. The van der Waals surface area contributed by atoms with Gasteiger partial charge in [-0.2, -0.15) is 0 Å². The van der Waals surface area contributed by atoms with Gasteiger partial charge in [-0.3, -0.25) is 14.3 Å². The summed E-state index contributed by atoms with van der Waals surface area (Å²) in [5.74, 6) is 1.40. The van der Waals surface area contributed by atoms with Crippen LogP contribution in [0.25, 0.3) is 0 Å². The number of H-pyrrole nitrogens is 1. The molecule has 220 valence electrons. The number of rotatable bonds is 11. The summed E-state index contributed by atoms with van der Waals surface area (Å²) >= 11 is 0. The van der Waals surface area contributed by atoms with Crippen LogP contribution in [0.5, 0.6) is 11.5 Å². The van der Waals surface area contributed by atoms with Crippen LogP contribution >= 0.6 is 9.03 Å². The van der Waals surface area contributed by atoms with E-state index in [9.17, 15) is 14.5 Å². The van der Waals surface area contributed by atoms with Crippen molar-refractivity contribution in [3.8, 4) is 11.5 Å². The Hall–Kier alpha value is -3.79. The average molecular weight is 592 g/mol. The monoisotopic (exact) mass is 591 g/mol. The van der Waals surface area contributed by atoms with Crippen molar-refractivity contribution in [2.75, 3.05) is 20.8 Å². The van der Waals surface area contributed by atoms with Crippen molar-refractivity contribution in [2.24, 2.45) is 0 Å². The number of ether oxygens (including phenoxy) is 4. The van der Waals surface area contributed by atoms with E-state index in [1.165, 1.54) is 10.8 Å². The normalized spacial score (nSPS) is 18.9. The predicted octanol–water partition coefficient (Wildman–Crippen LogP) is 3.41. The van der Waals surface area contributed by atoms with Crippen LogP contribution in [0.3, 0.4) is 0 Å². The van der Waals surface area contributed by atoms with Gasteiger partial charge in [-0.1, -0.05) is 63.6 Å². The third-order valence-corrected chi connectivity index (χ3v) is 7.87. The first-order valence-corrected chi connectivity index (χ1v) is 14.2. The van der Waals surface area contributed by atoms with Gasteiger partial charge in [-0.15, -0.1) is 0 Å². The van der Waals surface area contributed by atoms with Gasteiger partial charge in [0.2, 0.25) is 0 Å². The van der Waals surface area contributed by atoms with Gasteiger partial charge in [0, 0.05) is 18.2 Å². The number of methoxy groups -OCH3 is 2. The summed E-state index contributed by atoms with van der Waals surface area (Å²) in [6.07, 6.45) is -0.386. The zero-order valence-corrected chi connectivity index (χ0v) is 24.4. The van der Waals surface area contributed by atoms with Gasteiger partial charge in [0.15, 0.2) is 0 Å². The summed E-state index contributed by atoms with van der Waals surface area (Å²) in [6.45, 7) is 1.63. The lowest BCUT2D eigenvalue weighted by atomic mass is 9.80. The molecule has 11 heteroatoms. The molecule has 0 aliphatic carbocycles. The zero-order chi connectivity index (χ0) is 29.7. The van der Waals surface area contributed by atoms with Gasteiger partial charge in [-0.25, -0.2) is 4.79 Å². The fraction of sp³-hybridized carbons (Fsp3) is 0.290. The van der Waals surface area contributed by atoms with Gasteiger partial charge in [0.1, 0.15) is 29.4 Å². The van der Waals surface area contributed by atoms with Crippen molar-refractivity contribution in [1.29, 1.82) is 0 Å². The van der Waals surface area contributed by atoms with E-state index in [4.69, 9.17) is 23.5 Å². The molecule has 0 spiro atoms. The lowest BCUT2D eigenvalue weighted by Gasteiger charge is -2.37. The molecule has 4 aromatic rings. The highest BCUT2D eigenvalue weighted by molar-refractivity contribution is 7.23. The van der Waals surface area contributed by atoms with E-state index in [0.717, 1.165) is 16.7 Å². The van der Waals surface area contributed by atoms with Gasteiger partial charge < -0.3 is 28.4 Å². The molecule has 1 fully saturated rings. The van der Waals surface area contributed by atoms with Gasteiger partial charge >= 0.3 is 5.69 Å². The fourth-order valence-corrected chi connectivity index (χ4v) is 5.66. The van der Waals surface area contributed by atoms with E-state index in [0.29, 0.717) is 17.1 Å². The number of benzene rings is 3. The predicted molar refractivity (Wildman–Crippen MR) is 156 cm³/mol. The molecule has 1 unspecified atom stereocenters. The van der Waals surface area contributed by atoms with Crippen molar-refractivity contribution >= 4 is 9.03 Å². The maximum atomic E-state index is 12.6. The third-order valence-electron chi connectivity index (χ3n) is 7.47. The van der Waals surface area contributed by atoms with Crippen molar-refractivity contribution < 1.29 is 28.4 Å². The standard InChI is InChI=1S/C31H32N2O8P/c1-20-18-33(30(35)32-29(20)34)28-17-26(41-42-36)27(40-28)19-39-31(21-7-5-4-6-8-21,22-9-13-24(37-2)14-10-22)23-11-15-25(38-3)16-12-23/h4-16,18,26-28,42H,17,19H2,1-3H3,(H,32,34,35)/q-1/t26-,27+,28+/m0/s1. The Morgan fingerprint density at radius 2 is 1.50 bits per heavy atom. The van der Waals surface area contributed by atoms with Crippen molar-refractivity contribution in [3.63, 3.8) is 0 Å². The second kappa shape index (κ2) is 13.0. The Morgan fingerprint density at radius 1 is 0.929 bits per heavy atom. The molecular weight excluding hydrogens is 559 g/mol.